The highest BCUT2D eigenvalue weighted by molar-refractivity contribution is 5.81. The molecule has 0 aliphatic carbocycles. The van der Waals surface area contributed by atoms with Crippen LogP contribution in [0, 0.1) is 0 Å². The van der Waals surface area contributed by atoms with Crippen LogP contribution < -0.4 is 10.2 Å². The zero-order chi connectivity index (χ0) is 15.6. The molecule has 22 heavy (non-hydrogen) atoms. The summed E-state index contributed by atoms with van der Waals surface area (Å²) in [5.74, 6) is 0.593. The third-order valence-corrected chi connectivity index (χ3v) is 2.77. The monoisotopic (exact) mass is 294 g/mol. The van der Waals surface area contributed by atoms with Crippen molar-refractivity contribution in [3.05, 3.63) is 71.8 Å². The van der Waals surface area contributed by atoms with Gasteiger partial charge in [-0.05, 0) is 41.5 Å². The number of nitrogens with one attached hydrogen (secondary N) is 1. The molecule has 0 bridgehead atoms. The van der Waals surface area contributed by atoms with Crippen LogP contribution in [0.25, 0.3) is 6.08 Å². The van der Waals surface area contributed by atoms with Gasteiger partial charge < -0.3 is 4.74 Å². The normalized spacial score (nSPS) is 11.0. The first-order valence-corrected chi connectivity index (χ1v) is 6.98. The number of hydrazone groups is 1. The maximum Gasteiger partial charge on any atom is 0.236 e. The minimum atomic E-state index is -0.193. The Bertz CT molecular complexity index is 647. The number of benzene rings is 2. The van der Waals surface area contributed by atoms with Crippen molar-refractivity contribution in [2.45, 2.75) is 6.92 Å². The average molecular weight is 294 g/mol. The van der Waals surface area contributed by atoms with Gasteiger partial charge in [-0.2, -0.15) is 5.10 Å². The van der Waals surface area contributed by atoms with E-state index in [1.54, 1.807) is 6.21 Å². The molecule has 0 aromatic heterocycles. The van der Waals surface area contributed by atoms with Gasteiger partial charge in [0.15, 0.2) is 0 Å². The van der Waals surface area contributed by atoms with Crippen LogP contribution in [-0.4, -0.2) is 18.7 Å². The minimum Gasteiger partial charge on any atom is -0.490 e. The van der Waals surface area contributed by atoms with Gasteiger partial charge >= 0.3 is 0 Å². The first-order chi connectivity index (χ1) is 10.7. The number of ether oxygens (including phenoxy) is 1. The van der Waals surface area contributed by atoms with E-state index in [9.17, 15) is 4.79 Å². The molecule has 1 N–H and O–H groups in total. The first kappa shape index (κ1) is 15.5. The van der Waals surface area contributed by atoms with Crippen LogP contribution in [-0.2, 0) is 4.79 Å². The van der Waals surface area contributed by atoms with Crippen molar-refractivity contribution < 1.29 is 9.53 Å². The van der Waals surface area contributed by atoms with Gasteiger partial charge in [0, 0.05) is 6.92 Å². The topological polar surface area (TPSA) is 50.7 Å². The number of nitrogens with zero attached hydrogens (tertiary/aromatic N) is 1. The first-order valence-electron chi connectivity index (χ1n) is 6.98. The molecule has 0 radical (unpaired) electrons. The number of hydrogen-bond acceptors (Lipinski definition) is 3. The van der Waals surface area contributed by atoms with Gasteiger partial charge in [-0.1, -0.05) is 36.4 Å². The fourth-order valence-electron chi connectivity index (χ4n) is 1.74. The lowest BCUT2D eigenvalue weighted by Crippen LogP contribution is -2.12. The highest BCUT2D eigenvalue weighted by atomic mass is 16.5. The highest BCUT2D eigenvalue weighted by Crippen LogP contribution is 2.11. The Hall–Kier alpha value is -2.88. The highest BCUT2D eigenvalue weighted by Gasteiger charge is 1.93. The van der Waals surface area contributed by atoms with E-state index in [0.717, 1.165) is 16.9 Å². The Kier molecular flexibility index (Phi) is 5.93. The molecule has 0 atom stereocenters. The van der Waals surface area contributed by atoms with E-state index >= 15 is 0 Å². The van der Waals surface area contributed by atoms with E-state index in [-0.39, 0.29) is 5.91 Å². The summed E-state index contributed by atoms with van der Waals surface area (Å²) in [6, 6.07) is 17.6. The number of carbonyl (C=O) groups excluding carboxylic acids is 1. The van der Waals surface area contributed by atoms with E-state index in [1.807, 2.05) is 66.7 Å². The van der Waals surface area contributed by atoms with E-state index in [2.05, 4.69) is 10.5 Å². The van der Waals surface area contributed by atoms with Crippen LogP contribution in [0.3, 0.4) is 0 Å². The molecule has 2 rings (SSSR count). The Morgan fingerprint density at radius 1 is 1.09 bits per heavy atom. The van der Waals surface area contributed by atoms with Crippen LogP contribution >= 0.6 is 0 Å². The molecule has 0 unspecified atom stereocenters. The molecule has 2 aromatic carbocycles. The lowest BCUT2D eigenvalue weighted by atomic mass is 10.2. The Morgan fingerprint density at radius 2 is 1.82 bits per heavy atom. The molecule has 4 heteroatoms. The molecule has 0 heterocycles. The largest absolute Gasteiger partial charge is 0.490 e. The van der Waals surface area contributed by atoms with Gasteiger partial charge in [0.2, 0.25) is 5.91 Å². The van der Waals surface area contributed by atoms with Crippen molar-refractivity contribution in [1.29, 1.82) is 0 Å². The summed E-state index contributed by atoms with van der Waals surface area (Å²) in [6.45, 7) is 1.92. The molecule has 112 valence electrons. The van der Waals surface area contributed by atoms with E-state index in [4.69, 9.17) is 4.74 Å². The number of amides is 1. The van der Waals surface area contributed by atoms with Crippen molar-refractivity contribution in [2.24, 2.45) is 5.10 Å². The molecule has 0 saturated carbocycles. The summed E-state index contributed by atoms with van der Waals surface area (Å²) in [4.78, 5) is 10.7. The van der Waals surface area contributed by atoms with Crippen molar-refractivity contribution in [1.82, 2.24) is 5.43 Å². The molecular weight excluding hydrogens is 276 g/mol. The molecule has 1 amide bonds. The smallest absolute Gasteiger partial charge is 0.236 e. The maximum atomic E-state index is 10.7. The number of hydrogen-bond donors (Lipinski definition) is 1. The summed E-state index contributed by atoms with van der Waals surface area (Å²) in [7, 11) is 0. The molecule has 0 saturated heterocycles. The van der Waals surface area contributed by atoms with Crippen LogP contribution in [0.5, 0.6) is 5.75 Å². The quantitative estimate of drug-likeness (QED) is 0.657. The van der Waals surface area contributed by atoms with Crippen molar-refractivity contribution in [3.8, 4) is 5.75 Å². The molecule has 0 aliphatic rings. The second kappa shape index (κ2) is 8.42. The van der Waals surface area contributed by atoms with Crippen LogP contribution in [0.2, 0.25) is 0 Å². The third-order valence-electron chi connectivity index (χ3n) is 2.77. The number of rotatable bonds is 6. The fraction of sp³-hybridized carbons (Fsp3) is 0.111. The van der Waals surface area contributed by atoms with Crippen molar-refractivity contribution in [3.63, 3.8) is 0 Å². The third kappa shape index (κ3) is 5.63. The van der Waals surface area contributed by atoms with Gasteiger partial charge in [-0.15, -0.1) is 0 Å². The van der Waals surface area contributed by atoms with Gasteiger partial charge in [0.25, 0.3) is 0 Å². The predicted molar refractivity (Wildman–Crippen MR) is 88.8 cm³/mol. The summed E-state index contributed by atoms with van der Waals surface area (Å²) in [6.07, 6.45) is 5.58. The molecule has 0 spiro atoms. The SMILES string of the molecule is CC(=O)N/N=C/c1ccc(OC/C=C/c2ccccc2)cc1. The summed E-state index contributed by atoms with van der Waals surface area (Å²) >= 11 is 0. The Balaban J connectivity index is 1.80. The molecule has 0 aliphatic heterocycles. The van der Waals surface area contributed by atoms with Gasteiger partial charge in [-0.3, -0.25) is 4.79 Å². The van der Waals surface area contributed by atoms with Crippen LogP contribution in [0.4, 0.5) is 0 Å². The zero-order valence-electron chi connectivity index (χ0n) is 12.4. The lowest BCUT2D eigenvalue weighted by molar-refractivity contribution is -0.118. The van der Waals surface area contributed by atoms with E-state index < -0.39 is 0 Å². The van der Waals surface area contributed by atoms with Gasteiger partial charge in [0.05, 0.1) is 6.21 Å². The molecule has 2 aromatic rings. The lowest BCUT2D eigenvalue weighted by Gasteiger charge is -2.03. The molecular formula is C18H18N2O2. The maximum absolute atomic E-state index is 10.7. The predicted octanol–water partition coefficient (Wildman–Crippen LogP) is 3.25. The summed E-state index contributed by atoms with van der Waals surface area (Å²) in [5.41, 5.74) is 4.39. The van der Waals surface area contributed by atoms with Gasteiger partial charge in [0.1, 0.15) is 12.4 Å². The van der Waals surface area contributed by atoms with Crippen LogP contribution in [0.1, 0.15) is 18.1 Å². The average Bonchev–Trinajstić information content (AvgIpc) is 2.54. The van der Waals surface area contributed by atoms with E-state index in [0.29, 0.717) is 6.61 Å². The van der Waals surface area contributed by atoms with Gasteiger partial charge in [-0.25, -0.2) is 5.43 Å². The summed E-state index contributed by atoms with van der Waals surface area (Å²) in [5, 5.41) is 3.80. The van der Waals surface area contributed by atoms with Crippen LogP contribution in [0.15, 0.2) is 65.8 Å². The minimum absolute atomic E-state index is 0.193. The zero-order valence-corrected chi connectivity index (χ0v) is 12.4. The second-order valence-electron chi connectivity index (χ2n) is 4.62. The Morgan fingerprint density at radius 3 is 2.50 bits per heavy atom. The number of carbonyl (C=O) groups is 1. The standard InChI is InChI=1S/C18H18N2O2/c1-15(21)20-19-14-17-9-11-18(12-10-17)22-13-5-8-16-6-3-2-4-7-16/h2-12,14H,13H2,1H3,(H,20,21)/b8-5+,19-14+. The van der Waals surface area contributed by atoms with Crippen molar-refractivity contribution >= 4 is 18.2 Å². The Labute approximate surface area is 130 Å². The van der Waals surface area contributed by atoms with E-state index in [1.165, 1.54) is 6.92 Å². The molecule has 0 fully saturated rings. The summed E-state index contributed by atoms with van der Waals surface area (Å²) < 4.78 is 5.62. The van der Waals surface area contributed by atoms with Crippen molar-refractivity contribution in [2.75, 3.05) is 6.61 Å². The fourth-order valence-corrected chi connectivity index (χ4v) is 1.74. The second-order valence-corrected chi connectivity index (χ2v) is 4.62. The molecule has 4 nitrogen and oxygen atoms in total.